The molecule has 1 aromatic carbocycles. The van der Waals surface area contributed by atoms with Gasteiger partial charge in [0.05, 0.1) is 18.2 Å². The molecule has 0 amide bonds. The van der Waals surface area contributed by atoms with E-state index in [4.69, 9.17) is 9.15 Å². The Bertz CT molecular complexity index is 892. The number of aromatic nitrogens is 4. The van der Waals surface area contributed by atoms with Crippen LogP contribution in [0.25, 0.3) is 11.5 Å². The quantitative estimate of drug-likeness (QED) is 0.720. The van der Waals surface area contributed by atoms with Gasteiger partial charge in [0.15, 0.2) is 0 Å². The minimum Gasteiger partial charge on any atom is -0.497 e. The van der Waals surface area contributed by atoms with Crippen molar-refractivity contribution in [2.24, 2.45) is 0 Å². The van der Waals surface area contributed by atoms with Gasteiger partial charge in [0.1, 0.15) is 5.75 Å². The number of anilines is 1. The molecule has 0 bridgehead atoms. The van der Waals surface area contributed by atoms with Crippen LogP contribution in [0.2, 0.25) is 0 Å². The maximum Gasteiger partial charge on any atom is 0.314 e. The molecule has 0 radical (unpaired) electrons. The molecule has 0 atom stereocenters. The molecule has 1 fully saturated rings. The lowest BCUT2D eigenvalue weighted by Crippen LogP contribution is -2.20. The fraction of sp³-hybridized carbons (Fsp3) is 0.294. The molecule has 1 aliphatic carbocycles. The minimum absolute atomic E-state index is 0.0388. The molecule has 1 saturated carbocycles. The van der Waals surface area contributed by atoms with Gasteiger partial charge in [0, 0.05) is 12.4 Å². The first kappa shape index (κ1) is 16.4. The zero-order chi connectivity index (χ0) is 18.1. The maximum atomic E-state index is 12.5. The molecule has 0 saturated heterocycles. The van der Waals surface area contributed by atoms with Gasteiger partial charge < -0.3 is 14.5 Å². The van der Waals surface area contributed by atoms with Crippen LogP contribution in [0, 0.1) is 0 Å². The third-order valence-corrected chi connectivity index (χ3v) is 4.27. The molecule has 7 nitrogen and oxygen atoms in total. The average molecular weight is 359 g/mol. The number of nitrogens with zero attached hydrogens (tertiary/aromatic N) is 4. The van der Waals surface area contributed by atoms with E-state index in [1.54, 1.807) is 7.11 Å². The van der Waals surface area contributed by atoms with Crippen LogP contribution in [0.3, 0.4) is 0 Å². The summed E-state index contributed by atoms with van der Waals surface area (Å²) in [6.07, 6.45) is 2.04. The van der Waals surface area contributed by atoms with Gasteiger partial charge in [-0.3, -0.25) is 0 Å². The molecule has 0 unspecified atom stereocenters. The van der Waals surface area contributed by atoms with Crippen molar-refractivity contribution in [3.63, 3.8) is 0 Å². The highest BCUT2D eigenvalue weighted by atomic mass is 19.3. The third-order valence-electron chi connectivity index (χ3n) is 4.27. The number of hydrogen-bond acceptors (Lipinski definition) is 7. The van der Waals surface area contributed by atoms with Gasteiger partial charge in [-0.15, -0.1) is 10.2 Å². The molecular formula is C17H15F2N5O2. The van der Waals surface area contributed by atoms with Crippen molar-refractivity contribution in [1.82, 2.24) is 20.2 Å². The summed E-state index contributed by atoms with van der Waals surface area (Å²) in [5.41, 5.74) is 1.31. The van der Waals surface area contributed by atoms with Crippen molar-refractivity contribution < 1.29 is 17.9 Å². The predicted molar refractivity (Wildman–Crippen MR) is 87.8 cm³/mol. The van der Waals surface area contributed by atoms with Crippen LogP contribution in [0.1, 0.15) is 30.7 Å². The summed E-state index contributed by atoms with van der Waals surface area (Å²) in [4.78, 5) is 8.46. The number of hydrogen-bond donors (Lipinski definition) is 1. The number of nitrogens with one attached hydrogen (secondary N) is 1. The van der Waals surface area contributed by atoms with Crippen LogP contribution in [0.5, 0.6) is 5.75 Å². The molecule has 2 aromatic heterocycles. The van der Waals surface area contributed by atoms with Crippen molar-refractivity contribution in [2.45, 2.75) is 24.8 Å². The highest BCUT2D eigenvalue weighted by Crippen LogP contribution is 2.48. The monoisotopic (exact) mass is 359 g/mol. The van der Waals surface area contributed by atoms with Gasteiger partial charge in [-0.2, -0.15) is 8.78 Å². The van der Waals surface area contributed by atoms with Gasteiger partial charge in [0.2, 0.25) is 5.95 Å². The van der Waals surface area contributed by atoms with Crippen molar-refractivity contribution in [2.75, 3.05) is 12.4 Å². The summed E-state index contributed by atoms with van der Waals surface area (Å²) in [6, 6.07) is 7.85. The van der Waals surface area contributed by atoms with E-state index in [-0.39, 0.29) is 11.4 Å². The van der Waals surface area contributed by atoms with Crippen molar-refractivity contribution in [1.29, 1.82) is 0 Å². The Hall–Kier alpha value is -3.10. The molecule has 9 heteroatoms. The summed E-state index contributed by atoms with van der Waals surface area (Å²) in [7, 11) is 1.63. The number of rotatable bonds is 6. The van der Waals surface area contributed by atoms with Gasteiger partial charge >= 0.3 is 6.43 Å². The molecule has 1 aliphatic rings. The van der Waals surface area contributed by atoms with Gasteiger partial charge in [-0.05, 0) is 30.5 Å². The first-order valence-electron chi connectivity index (χ1n) is 7.96. The maximum absolute atomic E-state index is 12.5. The lowest BCUT2D eigenvalue weighted by molar-refractivity contribution is 0.116. The second-order valence-electron chi connectivity index (χ2n) is 5.98. The van der Waals surface area contributed by atoms with Crippen LogP contribution >= 0.6 is 0 Å². The highest BCUT2D eigenvalue weighted by Gasteiger charge is 2.45. The molecule has 0 aliphatic heterocycles. The third kappa shape index (κ3) is 3.07. The summed E-state index contributed by atoms with van der Waals surface area (Å²) >= 11 is 0. The standard InChI is InChI=1S/C17H15F2N5O2/c1-25-12-4-2-11(3-5-12)17(6-7-17)22-16-20-8-10(9-21-16)14-23-24-15(26-14)13(18)19/h2-5,8-9,13H,6-7H2,1H3,(H,20,21,22). The van der Waals surface area contributed by atoms with Crippen LogP contribution in [-0.4, -0.2) is 27.3 Å². The average Bonchev–Trinajstić information content (AvgIpc) is 3.27. The van der Waals surface area contributed by atoms with Crippen LogP contribution in [0.15, 0.2) is 41.1 Å². The molecular weight excluding hydrogens is 344 g/mol. The fourth-order valence-corrected chi connectivity index (χ4v) is 2.68. The lowest BCUT2D eigenvalue weighted by atomic mass is 10.1. The zero-order valence-electron chi connectivity index (χ0n) is 13.8. The van der Waals surface area contributed by atoms with Crippen molar-refractivity contribution in [3.8, 4) is 17.2 Å². The van der Waals surface area contributed by atoms with Crippen LogP contribution < -0.4 is 10.1 Å². The first-order valence-corrected chi connectivity index (χ1v) is 7.96. The molecule has 0 spiro atoms. The first-order chi connectivity index (χ1) is 12.6. The Morgan fingerprint density at radius 1 is 1.12 bits per heavy atom. The Labute approximate surface area is 147 Å². The number of halogens is 2. The van der Waals surface area contributed by atoms with Gasteiger partial charge in [-0.25, -0.2) is 9.97 Å². The molecule has 26 heavy (non-hydrogen) atoms. The molecule has 1 N–H and O–H groups in total. The Morgan fingerprint density at radius 2 is 1.81 bits per heavy atom. The topological polar surface area (TPSA) is 86.0 Å². The normalized spacial score (nSPS) is 15.1. The van der Waals surface area contributed by atoms with E-state index < -0.39 is 12.3 Å². The van der Waals surface area contributed by atoms with E-state index in [1.807, 2.05) is 24.3 Å². The number of alkyl halides is 2. The number of benzene rings is 1. The SMILES string of the molecule is COc1ccc(C2(Nc3ncc(-c4nnc(C(F)F)o4)cn3)CC2)cc1. The van der Waals surface area contributed by atoms with Gasteiger partial charge in [-0.1, -0.05) is 12.1 Å². The van der Waals surface area contributed by atoms with Crippen LogP contribution in [0.4, 0.5) is 14.7 Å². The summed E-state index contributed by atoms with van der Waals surface area (Å²) < 4.78 is 35.1. The summed E-state index contributed by atoms with van der Waals surface area (Å²) in [6.45, 7) is 0. The Kier molecular flexibility index (Phi) is 3.98. The fourth-order valence-electron chi connectivity index (χ4n) is 2.68. The Balaban J connectivity index is 1.50. The second kappa shape index (κ2) is 6.32. The van der Waals surface area contributed by atoms with E-state index in [0.29, 0.717) is 11.5 Å². The van der Waals surface area contributed by atoms with E-state index in [9.17, 15) is 8.78 Å². The summed E-state index contributed by atoms with van der Waals surface area (Å²) in [5.74, 6) is 0.477. The minimum atomic E-state index is -2.81. The molecule has 134 valence electrons. The van der Waals surface area contributed by atoms with Gasteiger partial charge in [0.25, 0.3) is 11.8 Å². The predicted octanol–water partition coefficient (Wildman–Crippen LogP) is 3.57. The van der Waals surface area contributed by atoms with E-state index in [0.717, 1.165) is 24.2 Å². The van der Waals surface area contributed by atoms with E-state index >= 15 is 0 Å². The molecule has 4 rings (SSSR count). The number of ether oxygens (including phenoxy) is 1. The van der Waals surface area contributed by atoms with E-state index in [2.05, 4.69) is 25.5 Å². The molecule has 3 aromatic rings. The second-order valence-corrected chi connectivity index (χ2v) is 5.98. The number of methoxy groups -OCH3 is 1. The van der Waals surface area contributed by atoms with Crippen LogP contribution in [-0.2, 0) is 5.54 Å². The molecule has 2 heterocycles. The van der Waals surface area contributed by atoms with Crippen molar-refractivity contribution in [3.05, 3.63) is 48.1 Å². The smallest absolute Gasteiger partial charge is 0.314 e. The summed E-state index contributed by atoms with van der Waals surface area (Å²) in [5, 5.41) is 10.2. The zero-order valence-corrected chi connectivity index (χ0v) is 13.8. The van der Waals surface area contributed by atoms with Crippen molar-refractivity contribution >= 4 is 5.95 Å². The highest BCUT2D eigenvalue weighted by molar-refractivity contribution is 5.51. The van der Waals surface area contributed by atoms with E-state index in [1.165, 1.54) is 12.4 Å². The lowest BCUT2D eigenvalue weighted by Gasteiger charge is -2.18. The Morgan fingerprint density at radius 3 is 2.35 bits per heavy atom. The largest absolute Gasteiger partial charge is 0.497 e.